The lowest BCUT2D eigenvalue weighted by molar-refractivity contribution is 0.0997. The van der Waals surface area contributed by atoms with Gasteiger partial charge in [-0.05, 0) is 24.3 Å². The number of rotatable bonds is 6. The maximum absolute atomic E-state index is 11.8. The van der Waals surface area contributed by atoms with Gasteiger partial charge in [-0.2, -0.15) is 0 Å². The summed E-state index contributed by atoms with van der Waals surface area (Å²) in [5, 5.41) is 5.28. The molecule has 0 saturated heterocycles. The molecule has 0 atom stereocenters. The van der Waals surface area contributed by atoms with Crippen LogP contribution in [0.5, 0.6) is 11.5 Å². The number of methoxy groups -OCH3 is 1. The molecule has 0 bridgehead atoms. The third-order valence-electron chi connectivity index (χ3n) is 3.24. The van der Waals surface area contributed by atoms with Crippen LogP contribution >= 0.6 is 0 Å². The van der Waals surface area contributed by atoms with Crippen LogP contribution < -0.4 is 25.8 Å². The molecule has 7 heteroatoms. The second kappa shape index (κ2) is 9.59. The third kappa shape index (κ3) is 5.76. The molecule has 26 heavy (non-hydrogen) atoms. The first-order chi connectivity index (χ1) is 12.6. The summed E-state index contributed by atoms with van der Waals surface area (Å²) < 4.78 is 10.5. The van der Waals surface area contributed by atoms with Gasteiger partial charge in [-0.25, -0.2) is 4.79 Å². The first-order valence-electron chi connectivity index (χ1n) is 7.76. The molecule has 0 aromatic heterocycles. The van der Waals surface area contributed by atoms with Gasteiger partial charge in [-0.1, -0.05) is 30.0 Å². The van der Waals surface area contributed by atoms with Crippen LogP contribution in [0.2, 0.25) is 0 Å². The predicted octanol–water partition coefficient (Wildman–Crippen LogP) is 2.00. The molecule has 4 N–H and O–H groups in total. The number of urea groups is 1. The van der Waals surface area contributed by atoms with Crippen LogP contribution in [0.4, 0.5) is 10.5 Å². The first kappa shape index (κ1) is 18.7. The van der Waals surface area contributed by atoms with E-state index in [2.05, 4.69) is 22.5 Å². The second-order valence-electron chi connectivity index (χ2n) is 5.04. The van der Waals surface area contributed by atoms with E-state index in [9.17, 15) is 9.59 Å². The molecular weight excluding hydrogens is 334 g/mol. The molecule has 2 rings (SSSR count). The van der Waals surface area contributed by atoms with Gasteiger partial charge in [0.1, 0.15) is 18.1 Å². The normalized spacial score (nSPS) is 9.42. The average molecular weight is 353 g/mol. The molecule has 134 valence electrons. The van der Waals surface area contributed by atoms with Crippen LogP contribution in [0.3, 0.4) is 0 Å². The van der Waals surface area contributed by atoms with E-state index in [0.717, 1.165) is 0 Å². The predicted molar refractivity (Wildman–Crippen MR) is 98.2 cm³/mol. The number of carbonyl (C=O) groups is 2. The maximum atomic E-state index is 11.8. The Morgan fingerprint density at radius 2 is 1.92 bits per heavy atom. The summed E-state index contributed by atoms with van der Waals surface area (Å²) in [5.74, 6) is 5.96. The van der Waals surface area contributed by atoms with Gasteiger partial charge >= 0.3 is 6.03 Å². The quantitative estimate of drug-likeness (QED) is 0.691. The fourth-order valence-electron chi connectivity index (χ4n) is 2.02. The lowest BCUT2D eigenvalue weighted by atomic mass is 10.2. The first-order valence-corrected chi connectivity index (χ1v) is 7.76. The monoisotopic (exact) mass is 353 g/mol. The van der Waals surface area contributed by atoms with E-state index in [4.69, 9.17) is 15.2 Å². The van der Waals surface area contributed by atoms with E-state index in [1.54, 1.807) is 55.6 Å². The highest BCUT2D eigenvalue weighted by Crippen LogP contribution is 2.17. The van der Waals surface area contributed by atoms with Crippen LogP contribution in [0.1, 0.15) is 10.4 Å². The number of hydrogen-bond donors (Lipinski definition) is 3. The Bertz CT molecular complexity index is 840. The molecule has 0 saturated carbocycles. The Balaban J connectivity index is 1.75. The highest BCUT2D eigenvalue weighted by atomic mass is 16.5. The Kier molecular flexibility index (Phi) is 6.89. The number of para-hydroxylation sites is 1. The summed E-state index contributed by atoms with van der Waals surface area (Å²) >= 11 is 0. The molecule has 0 aliphatic rings. The molecule has 0 unspecified atom stereocenters. The molecule has 0 aliphatic carbocycles. The molecule has 0 spiro atoms. The largest absolute Gasteiger partial charge is 0.497 e. The van der Waals surface area contributed by atoms with Crippen molar-refractivity contribution in [2.75, 3.05) is 25.6 Å². The lowest BCUT2D eigenvalue weighted by Gasteiger charge is -2.07. The van der Waals surface area contributed by atoms with Crippen molar-refractivity contribution >= 4 is 17.6 Å². The van der Waals surface area contributed by atoms with Crippen molar-refractivity contribution in [1.29, 1.82) is 0 Å². The standard InChI is InChI=1S/C19H19N3O4/c1-25-15-8-6-7-14(13-15)22-19(24)21-11-4-5-12-26-17-10-3-2-9-16(17)18(20)23/h2-3,6-10,13H,11-12H2,1H3,(H2,20,23)(H2,21,22,24). The fourth-order valence-corrected chi connectivity index (χ4v) is 2.02. The van der Waals surface area contributed by atoms with Gasteiger partial charge in [0.15, 0.2) is 0 Å². The van der Waals surface area contributed by atoms with Crippen molar-refractivity contribution in [3.8, 4) is 23.3 Å². The van der Waals surface area contributed by atoms with E-state index in [1.165, 1.54) is 0 Å². The number of nitrogens with one attached hydrogen (secondary N) is 2. The van der Waals surface area contributed by atoms with Crippen molar-refractivity contribution in [3.63, 3.8) is 0 Å². The fraction of sp³-hybridized carbons (Fsp3) is 0.158. The number of hydrogen-bond acceptors (Lipinski definition) is 4. The van der Waals surface area contributed by atoms with Gasteiger partial charge < -0.3 is 25.8 Å². The number of anilines is 1. The summed E-state index contributed by atoms with van der Waals surface area (Å²) in [6, 6.07) is 13.3. The van der Waals surface area contributed by atoms with E-state index >= 15 is 0 Å². The van der Waals surface area contributed by atoms with Crippen LogP contribution in [-0.4, -0.2) is 32.2 Å². The van der Waals surface area contributed by atoms with E-state index in [0.29, 0.717) is 22.7 Å². The smallest absolute Gasteiger partial charge is 0.319 e. The van der Waals surface area contributed by atoms with Crippen molar-refractivity contribution in [2.45, 2.75) is 0 Å². The molecule has 0 fully saturated rings. The molecule has 2 aromatic carbocycles. The molecular formula is C19H19N3O4. The Morgan fingerprint density at radius 3 is 2.69 bits per heavy atom. The number of amides is 3. The lowest BCUT2D eigenvalue weighted by Crippen LogP contribution is -2.28. The summed E-state index contributed by atoms with van der Waals surface area (Å²) in [6.45, 7) is 0.222. The molecule has 2 aromatic rings. The van der Waals surface area contributed by atoms with Gasteiger partial charge in [-0.15, -0.1) is 0 Å². The zero-order chi connectivity index (χ0) is 18.8. The Labute approximate surface area is 151 Å². The second-order valence-corrected chi connectivity index (χ2v) is 5.04. The topological polar surface area (TPSA) is 103 Å². The minimum Gasteiger partial charge on any atom is -0.497 e. The van der Waals surface area contributed by atoms with Crippen molar-refractivity contribution < 1.29 is 19.1 Å². The van der Waals surface area contributed by atoms with Crippen molar-refractivity contribution in [1.82, 2.24) is 5.32 Å². The van der Waals surface area contributed by atoms with Crippen LogP contribution in [0, 0.1) is 11.8 Å². The SMILES string of the molecule is COc1cccc(NC(=O)NCC#CCOc2ccccc2C(N)=O)c1. The van der Waals surface area contributed by atoms with Crippen LogP contribution in [-0.2, 0) is 0 Å². The minimum absolute atomic E-state index is 0.0729. The van der Waals surface area contributed by atoms with Gasteiger partial charge in [-0.3, -0.25) is 4.79 Å². The Morgan fingerprint density at radius 1 is 1.12 bits per heavy atom. The number of carbonyl (C=O) groups excluding carboxylic acids is 2. The highest BCUT2D eigenvalue weighted by molar-refractivity contribution is 5.95. The van der Waals surface area contributed by atoms with E-state index in [-0.39, 0.29) is 19.2 Å². The summed E-state index contributed by atoms with van der Waals surface area (Å²) in [7, 11) is 1.55. The number of primary amides is 1. The van der Waals surface area contributed by atoms with Gasteiger partial charge in [0, 0.05) is 11.8 Å². The van der Waals surface area contributed by atoms with Gasteiger partial charge in [0.05, 0.1) is 19.2 Å². The average Bonchev–Trinajstić information content (AvgIpc) is 2.65. The van der Waals surface area contributed by atoms with Crippen molar-refractivity contribution in [3.05, 3.63) is 54.1 Å². The molecule has 0 radical (unpaired) electrons. The summed E-state index contributed by atoms with van der Waals surface area (Å²) in [6.07, 6.45) is 0. The highest BCUT2D eigenvalue weighted by Gasteiger charge is 2.07. The molecule has 0 aliphatic heterocycles. The van der Waals surface area contributed by atoms with Gasteiger partial charge in [0.25, 0.3) is 5.91 Å². The summed E-state index contributed by atoms with van der Waals surface area (Å²) in [5.41, 5.74) is 6.17. The maximum Gasteiger partial charge on any atom is 0.319 e. The van der Waals surface area contributed by atoms with Crippen LogP contribution in [0.15, 0.2) is 48.5 Å². The van der Waals surface area contributed by atoms with Crippen LogP contribution in [0.25, 0.3) is 0 Å². The van der Waals surface area contributed by atoms with E-state index < -0.39 is 5.91 Å². The van der Waals surface area contributed by atoms with Gasteiger partial charge in [0.2, 0.25) is 0 Å². The number of ether oxygens (including phenoxy) is 2. The number of nitrogens with two attached hydrogens (primary N) is 1. The minimum atomic E-state index is -0.565. The van der Waals surface area contributed by atoms with E-state index in [1.807, 2.05) is 0 Å². The molecule has 7 nitrogen and oxygen atoms in total. The van der Waals surface area contributed by atoms with Crippen molar-refractivity contribution in [2.24, 2.45) is 5.73 Å². The third-order valence-corrected chi connectivity index (χ3v) is 3.24. The summed E-state index contributed by atoms with van der Waals surface area (Å²) in [4.78, 5) is 23.0. The zero-order valence-corrected chi connectivity index (χ0v) is 14.2. The molecule has 0 heterocycles. The Hall–Kier alpha value is -3.66. The zero-order valence-electron chi connectivity index (χ0n) is 14.2. The number of benzene rings is 2. The molecule has 3 amide bonds.